The molecule has 0 aromatic heterocycles. The number of carbonyl (C=O) groups is 2. The Labute approximate surface area is 145 Å². The summed E-state index contributed by atoms with van der Waals surface area (Å²) in [5.74, 6) is -0.592. The van der Waals surface area contributed by atoms with Crippen LogP contribution in [0, 0.1) is 22.7 Å². The van der Waals surface area contributed by atoms with Crippen LogP contribution in [0.2, 0.25) is 0 Å². The van der Waals surface area contributed by atoms with Crippen molar-refractivity contribution in [2.75, 3.05) is 7.11 Å². The summed E-state index contributed by atoms with van der Waals surface area (Å²) in [5.41, 5.74) is 1.22. The highest BCUT2D eigenvalue weighted by molar-refractivity contribution is 5.83. The molecule has 2 aliphatic rings. The molecular formula is C20H30O4. The van der Waals surface area contributed by atoms with Crippen molar-refractivity contribution in [1.29, 1.82) is 0 Å². The van der Waals surface area contributed by atoms with Crippen molar-refractivity contribution in [2.45, 2.75) is 59.8 Å². The molecule has 4 nitrogen and oxygen atoms in total. The first-order chi connectivity index (χ1) is 11.1. The van der Waals surface area contributed by atoms with Gasteiger partial charge in [-0.2, -0.15) is 0 Å². The minimum absolute atomic E-state index is 0.112. The van der Waals surface area contributed by atoms with Gasteiger partial charge in [-0.05, 0) is 61.0 Å². The van der Waals surface area contributed by atoms with Gasteiger partial charge in [-0.3, -0.25) is 4.79 Å². The molecule has 0 heterocycles. The minimum Gasteiger partial charge on any atom is -0.478 e. The fourth-order valence-corrected chi connectivity index (χ4v) is 5.07. The lowest BCUT2D eigenvalue weighted by Crippen LogP contribution is -2.51. The second-order valence-corrected chi connectivity index (χ2v) is 8.10. The van der Waals surface area contributed by atoms with E-state index in [4.69, 9.17) is 4.74 Å². The van der Waals surface area contributed by atoms with Crippen LogP contribution in [0.4, 0.5) is 0 Å². The quantitative estimate of drug-likeness (QED) is 0.615. The maximum absolute atomic E-state index is 12.5. The lowest BCUT2D eigenvalue weighted by atomic mass is 9.48. The summed E-state index contributed by atoms with van der Waals surface area (Å²) < 4.78 is 5.11. The Morgan fingerprint density at radius 1 is 1.29 bits per heavy atom. The van der Waals surface area contributed by atoms with Gasteiger partial charge in [0.25, 0.3) is 0 Å². The molecule has 134 valence electrons. The van der Waals surface area contributed by atoms with Crippen molar-refractivity contribution in [2.24, 2.45) is 22.7 Å². The number of carboxylic acid groups (broad SMARTS) is 1. The molecule has 2 aliphatic carbocycles. The van der Waals surface area contributed by atoms with Gasteiger partial charge in [-0.1, -0.05) is 33.3 Å². The van der Waals surface area contributed by atoms with Crippen LogP contribution in [-0.4, -0.2) is 24.2 Å². The van der Waals surface area contributed by atoms with Crippen LogP contribution in [0.15, 0.2) is 23.3 Å². The molecule has 0 amide bonds. The normalized spacial score (nSPS) is 36.7. The third-order valence-electron chi connectivity index (χ3n) is 6.05. The average molecular weight is 334 g/mol. The van der Waals surface area contributed by atoms with Gasteiger partial charge in [-0.15, -0.1) is 0 Å². The fraction of sp³-hybridized carbons (Fsp3) is 0.700. The number of aliphatic carboxylic acids is 1. The van der Waals surface area contributed by atoms with Gasteiger partial charge in [0.2, 0.25) is 0 Å². The third kappa shape index (κ3) is 3.15. The predicted octanol–water partition coefficient (Wildman–Crippen LogP) is 4.36. The molecule has 1 N–H and O–H groups in total. The molecule has 0 aliphatic heterocycles. The summed E-state index contributed by atoms with van der Waals surface area (Å²) in [4.78, 5) is 24.0. The van der Waals surface area contributed by atoms with Crippen LogP contribution in [0.5, 0.6) is 0 Å². The number of methoxy groups -OCH3 is 1. The third-order valence-corrected chi connectivity index (χ3v) is 6.05. The van der Waals surface area contributed by atoms with Gasteiger partial charge in [0.1, 0.15) is 0 Å². The molecule has 2 fully saturated rings. The average Bonchev–Trinajstić information content (AvgIpc) is 2.48. The summed E-state index contributed by atoms with van der Waals surface area (Å²) >= 11 is 0. The summed E-state index contributed by atoms with van der Waals surface area (Å²) in [6.07, 6.45) is 7.91. The van der Waals surface area contributed by atoms with E-state index in [9.17, 15) is 14.7 Å². The largest absolute Gasteiger partial charge is 0.478 e. The van der Waals surface area contributed by atoms with E-state index in [1.807, 2.05) is 6.92 Å². The zero-order valence-electron chi connectivity index (χ0n) is 15.5. The predicted molar refractivity (Wildman–Crippen MR) is 93.4 cm³/mol. The second-order valence-electron chi connectivity index (χ2n) is 8.10. The fourth-order valence-electron chi connectivity index (χ4n) is 5.07. The second kappa shape index (κ2) is 6.73. The van der Waals surface area contributed by atoms with Crippen LogP contribution in [-0.2, 0) is 14.3 Å². The number of esters is 1. The Balaban J connectivity index is 2.55. The molecule has 0 unspecified atom stereocenters. The zero-order valence-corrected chi connectivity index (χ0v) is 15.5. The Kier molecular flexibility index (Phi) is 5.26. The highest BCUT2D eigenvalue weighted by Gasteiger charge is 2.56. The van der Waals surface area contributed by atoms with Gasteiger partial charge in [0.05, 0.1) is 12.5 Å². The number of carboxylic acids is 1. The molecule has 0 aromatic rings. The van der Waals surface area contributed by atoms with Crippen LogP contribution in [0.3, 0.4) is 0 Å². The molecule has 0 spiro atoms. The van der Waals surface area contributed by atoms with E-state index >= 15 is 0 Å². The van der Waals surface area contributed by atoms with Gasteiger partial charge < -0.3 is 9.84 Å². The molecule has 0 bridgehead atoms. The van der Waals surface area contributed by atoms with Gasteiger partial charge in [-0.25, -0.2) is 4.79 Å². The van der Waals surface area contributed by atoms with Crippen LogP contribution < -0.4 is 0 Å². The first-order valence-corrected chi connectivity index (χ1v) is 8.89. The molecule has 4 heteroatoms. The topological polar surface area (TPSA) is 63.6 Å². The maximum atomic E-state index is 12.5. The lowest BCUT2D eigenvalue weighted by molar-refractivity contribution is -0.163. The highest BCUT2D eigenvalue weighted by atomic mass is 16.5. The SMILES string of the molecule is COC(=O)[C@@]1(C)CCC[C@]2(C)C(=C/C(=O)O)/C(=C/C(C)C)CC[C@@H]12. The van der Waals surface area contributed by atoms with Crippen molar-refractivity contribution >= 4 is 11.9 Å². The molecule has 0 radical (unpaired) electrons. The van der Waals surface area contributed by atoms with Crippen LogP contribution in [0.1, 0.15) is 59.8 Å². The highest BCUT2D eigenvalue weighted by Crippen LogP contribution is 2.61. The minimum atomic E-state index is -0.910. The van der Waals surface area contributed by atoms with E-state index < -0.39 is 11.4 Å². The molecule has 2 rings (SSSR count). The Hall–Kier alpha value is -1.58. The van der Waals surface area contributed by atoms with E-state index in [2.05, 4.69) is 26.8 Å². The lowest BCUT2D eigenvalue weighted by Gasteiger charge is -2.55. The molecular weight excluding hydrogens is 304 g/mol. The molecule has 3 atom stereocenters. The molecule has 0 saturated heterocycles. The van der Waals surface area contributed by atoms with Crippen molar-refractivity contribution in [1.82, 2.24) is 0 Å². The molecule has 2 saturated carbocycles. The van der Waals surface area contributed by atoms with Gasteiger partial charge in [0.15, 0.2) is 0 Å². The first kappa shape index (κ1) is 18.8. The number of rotatable bonds is 3. The number of carbonyl (C=O) groups excluding carboxylic acids is 1. The zero-order chi connectivity index (χ0) is 18.1. The van der Waals surface area contributed by atoms with E-state index in [0.717, 1.165) is 43.3 Å². The maximum Gasteiger partial charge on any atom is 0.328 e. The van der Waals surface area contributed by atoms with Gasteiger partial charge in [0, 0.05) is 6.08 Å². The van der Waals surface area contributed by atoms with Crippen molar-refractivity contribution < 1.29 is 19.4 Å². The first-order valence-electron chi connectivity index (χ1n) is 8.89. The number of fused-ring (bicyclic) bond motifs is 1. The van der Waals surface area contributed by atoms with Crippen LogP contribution >= 0.6 is 0 Å². The van der Waals surface area contributed by atoms with Crippen LogP contribution in [0.25, 0.3) is 0 Å². The Bertz CT molecular complexity index is 586. The van der Waals surface area contributed by atoms with E-state index in [-0.39, 0.29) is 17.3 Å². The van der Waals surface area contributed by atoms with E-state index in [1.165, 1.54) is 13.2 Å². The monoisotopic (exact) mass is 334 g/mol. The summed E-state index contributed by atoms with van der Waals surface area (Å²) in [7, 11) is 1.44. The number of hydrogen-bond donors (Lipinski definition) is 1. The number of allylic oxidation sites excluding steroid dienone is 3. The Morgan fingerprint density at radius 2 is 1.96 bits per heavy atom. The van der Waals surface area contributed by atoms with Crippen molar-refractivity contribution in [3.63, 3.8) is 0 Å². The van der Waals surface area contributed by atoms with E-state index in [1.54, 1.807) is 0 Å². The summed E-state index contributed by atoms with van der Waals surface area (Å²) in [6, 6.07) is 0. The van der Waals surface area contributed by atoms with E-state index in [0.29, 0.717) is 5.92 Å². The molecule has 24 heavy (non-hydrogen) atoms. The molecule has 0 aromatic carbocycles. The smallest absolute Gasteiger partial charge is 0.328 e. The summed E-state index contributed by atoms with van der Waals surface area (Å²) in [6.45, 7) is 8.36. The summed E-state index contributed by atoms with van der Waals surface area (Å²) in [5, 5.41) is 9.41. The number of hydrogen-bond acceptors (Lipinski definition) is 3. The Morgan fingerprint density at radius 3 is 2.50 bits per heavy atom. The van der Waals surface area contributed by atoms with Gasteiger partial charge >= 0.3 is 11.9 Å². The van der Waals surface area contributed by atoms with Crippen molar-refractivity contribution in [3.8, 4) is 0 Å². The standard InChI is InChI=1S/C20H30O4/c1-13(2)11-14-7-8-16-19(3,15(14)12-17(21)22)9-6-10-20(16,4)18(23)24-5/h11-13,16H,6-10H2,1-5H3,(H,21,22)/b14-11+,15-12+/t16-,19-,20+/m1/s1. The van der Waals surface area contributed by atoms with Crippen molar-refractivity contribution in [3.05, 3.63) is 23.3 Å². The number of ether oxygens (including phenoxy) is 1.